The molecule has 1 aliphatic heterocycles. The van der Waals surface area contributed by atoms with E-state index < -0.39 is 5.60 Å². The van der Waals surface area contributed by atoms with E-state index in [1.807, 2.05) is 81.4 Å². The monoisotopic (exact) mass is 410 g/mol. The van der Waals surface area contributed by atoms with Crippen LogP contribution in [0.1, 0.15) is 31.9 Å². The Bertz CT molecular complexity index is 833. The molecule has 0 aliphatic carbocycles. The third-order valence-electron chi connectivity index (χ3n) is 4.89. The highest BCUT2D eigenvalue weighted by atomic mass is 16.6. The number of piperazine rings is 1. The summed E-state index contributed by atoms with van der Waals surface area (Å²) in [5, 5.41) is 0. The van der Waals surface area contributed by atoms with Gasteiger partial charge >= 0.3 is 12.2 Å². The van der Waals surface area contributed by atoms with Crippen LogP contribution in [0.5, 0.6) is 0 Å². The van der Waals surface area contributed by atoms with E-state index >= 15 is 0 Å². The molecule has 3 rings (SSSR count). The molecular weight excluding hydrogens is 380 g/mol. The first kappa shape index (κ1) is 21.7. The fraction of sp³-hybridized carbons (Fsp3) is 0.417. The van der Waals surface area contributed by atoms with Gasteiger partial charge in [0, 0.05) is 19.6 Å². The third-order valence-corrected chi connectivity index (χ3v) is 4.89. The lowest BCUT2D eigenvalue weighted by Gasteiger charge is -2.41. The van der Waals surface area contributed by atoms with Gasteiger partial charge < -0.3 is 19.3 Å². The summed E-state index contributed by atoms with van der Waals surface area (Å²) < 4.78 is 11.1. The van der Waals surface area contributed by atoms with Gasteiger partial charge in [-0.05, 0) is 38.3 Å². The summed E-state index contributed by atoms with van der Waals surface area (Å²) >= 11 is 0. The molecule has 0 spiro atoms. The molecule has 1 saturated heterocycles. The SMILES string of the molecule is CC(C)(C)OC(=O)N1CCN(C(=O)OCc2ccccc2)C(Cc2ccccc2)C1. The van der Waals surface area contributed by atoms with Crippen molar-refractivity contribution in [2.24, 2.45) is 0 Å². The summed E-state index contributed by atoms with van der Waals surface area (Å²) in [6.45, 7) is 7.01. The molecule has 1 fully saturated rings. The minimum absolute atomic E-state index is 0.183. The van der Waals surface area contributed by atoms with Gasteiger partial charge in [0.2, 0.25) is 0 Å². The maximum Gasteiger partial charge on any atom is 0.410 e. The van der Waals surface area contributed by atoms with Crippen LogP contribution in [0.3, 0.4) is 0 Å². The van der Waals surface area contributed by atoms with Crippen molar-refractivity contribution in [3.05, 3.63) is 71.8 Å². The number of rotatable bonds is 4. The fourth-order valence-corrected chi connectivity index (χ4v) is 3.45. The zero-order chi connectivity index (χ0) is 21.6. The first-order valence-electron chi connectivity index (χ1n) is 10.3. The third kappa shape index (κ3) is 6.24. The maximum absolute atomic E-state index is 12.8. The lowest BCUT2D eigenvalue weighted by Crippen LogP contribution is -2.58. The first-order chi connectivity index (χ1) is 14.3. The van der Waals surface area contributed by atoms with Crippen LogP contribution in [0.15, 0.2) is 60.7 Å². The molecule has 1 atom stereocenters. The normalized spacial score (nSPS) is 16.8. The molecule has 0 radical (unpaired) electrons. The zero-order valence-corrected chi connectivity index (χ0v) is 17.9. The number of hydrogen-bond donors (Lipinski definition) is 0. The van der Waals surface area contributed by atoms with Crippen LogP contribution in [-0.2, 0) is 22.5 Å². The van der Waals surface area contributed by atoms with Crippen molar-refractivity contribution in [3.8, 4) is 0 Å². The minimum atomic E-state index is -0.558. The Morgan fingerprint density at radius 1 is 0.900 bits per heavy atom. The number of ether oxygens (including phenoxy) is 2. The van der Waals surface area contributed by atoms with Crippen LogP contribution in [0.25, 0.3) is 0 Å². The second-order valence-electron chi connectivity index (χ2n) is 8.50. The Hall–Kier alpha value is -3.02. The van der Waals surface area contributed by atoms with Crippen molar-refractivity contribution in [2.45, 2.75) is 45.4 Å². The van der Waals surface area contributed by atoms with Crippen LogP contribution in [-0.4, -0.2) is 53.3 Å². The van der Waals surface area contributed by atoms with Gasteiger partial charge in [0.05, 0.1) is 6.04 Å². The minimum Gasteiger partial charge on any atom is -0.445 e. The molecule has 0 aromatic heterocycles. The molecule has 0 N–H and O–H groups in total. The van der Waals surface area contributed by atoms with Crippen molar-refractivity contribution in [1.82, 2.24) is 9.80 Å². The number of amides is 2. The Labute approximate surface area is 178 Å². The van der Waals surface area contributed by atoms with Crippen LogP contribution in [0.4, 0.5) is 9.59 Å². The van der Waals surface area contributed by atoms with Crippen LogP contribution in [0, 0.1) is 0 Å². The fourth-order valence-electron chi connectivity index (χ4n) is 3.45. The molecule has 0 saturated carbocycles. The summed E-state index contributed by atoms with van der Waals surface area (Å²) in [6, 6.07) is 19.4. The van der Waals surface area contributed by atoms with E-state index in [1.54, 1.807) is 9.80 Å². The van der Waals surface area contributed by atoms with Crippen LogP contribution >= 0.6 is 0 Å². The Morgan fingerprint density at radius 2 is 1.50 bits per heavy atom. The molecule has 1 heterocycles. The van der Waals surface area contributed by atoms with Gasteiger partial charge in [0.25, 0.3) is 0 Å². The molecule has 30 heavy (non-hydrogen) atoms. The maximum atomic E-state index is 12.8. The number of hydrogen-bond acceptors (Lipinski definition) is 4. The number of carbonyl (C=O) groups is 2. The van der Waals surface area contributed by atoms with E-state index in [2.05, 4.69) is 0 Å². The Balaban J connectivity index is 1.69. The van der Waals surface area contributed by atoms with E-state index in [9.17, 15) is 9.59 Å². The molecule has 2 aromatic rings. The topological polar surface area (TPSA) is 59.1 Å². The molecule has 160 valence electrons. The van der Waals surface area contributed by atoms with Crippen LogP contribution in [0.2, 0.25) is 0 Å². The second-order valence-corrected chi connectivity index (χ2v) is 8.50. The summed E-state index contributed by atoms with van der Waals surface area (Å²) in [4.78, 5) is 28.8. The van der Waals surface area contributed by atoms with Gasteiger partial charge in [-0.25, -0.2) is 9.59 Å². The lowest BCUT2D eigenvalue weighted by atomic mass is 10.0. The smallest absolute Gasteiger partial charge is 0.410 e. The van der Waals surface area contributed by atoms with E-state index in [1.165, 1.54) is 0 Å². The molecule has 6 nitrogen and oxygen atoms in total. The molecule has 1 unspecified atom stereocenters. The molecule has 6 heteroatoms. The Morgan fingerprint density at radius 3 is 2.10 bits per heavy atom. The second kappa shape index (κ2) is 9.65. The van der Waals surface area contributed by atoms with Gasteiger partial charge in [0.15, 0.2) is 0 Å². The van der Waals surface area contributed by atoms with Gasteiger partial charge in [-0.1, -0.05) is 60.7 Å². The van der Waals surface area contributed by atoms with Crippen molar-refractivity contribution >= 4 is 12.2 Å². The van der Waals surface area contributed by atoms with Crippen molar-refractivity contribution in [3.63, 3.8) is 0 Å². The molecule has 2 amide bonds. The van der Waals surface area contributed by atoms with Gasteiger partial charge in [-0.15, -0.1) is 0 Å². The summed E-state index contributed by atoms with van der Waals surface area (Å²) in [5.41, 5.74) is 1.49. The lowest BCUT2D eigenvalue weighted by molar-refractivity contribution is 0.00119. The van der Waals surface area contributed by atoms with Crippen LogP contribution < -0.4 is 0 Å². The number of nitrogens with zero attached hydrogens (tertiary/aromatic N) is 2. The quantitative estimate of drug-likeness (QED) is 0.745. The summed E-state index contributed by atoms with van der Waals surface area (Å²) in [6.07, 6.45) is -0.0675. The average Bonchev–Trinajstić information content (AvgIpc) is 2.72. The largest absolute Gasteiger partial charge is 0.445 e. The molecular formula is C24H30N2O4. The van der Waals surface area contributed by atoms with E-state index in [4.69, 9.17) is 9.47 Å². The van der Waals surface area contributed by atoms with Gasteiger partial charge in [0.1, 0.15) is 12.2 Å². The van der Waals surface area contributed by atoms with Gasteiger partial charge in [-0.3, -0.25) is 0 Å². The highest BCUT2D eigenvalue weighted by molar-refractivity contribution is 5.71. The van der Waals surface area contributed by atoms with E-state index in [0.29, 0.717) is 26.1 Å². The van der Waals surface area contributed by atoms with Gasteiger partial charge in [-0.2, -0.15) is 0 Å². The molecule has 1 aliphatic rings. The average molecular weight is 411 g/mol. The zero-order valence-electron chi connectivity index (χ0n) is 17.9. The predicted octanol–water partition coefficient (Wildman–Crippen LogP) is 4.49. The van der Waals surface area contributed by atoms with Crippen molar-refractivity contribution in [1.29, 1.82) is 0 Å². The van der Waals surface area contributed by atoms with Crippen molar-refractivity contribution < 1.29 is 19.1 Å². The highest BCUT2D eigenvalue weighted by Gasteiger charge is 2.35. The summed E-state index contributed by atoms with van der Waals surface area (Å²) in [7, 11) is 0. The van der Waals surface area contributed by atoms with E-state index in [-0.39, 0.29) is 24.8 Å². The van der Waals surface area contributed by atoms with E-state index in [0.717, 1.165) is 11.1 Å². The number of carbonyl (C=O) groups excluding carboxylic acids is 2. The predicted molar refractivity (Wildman–Crippen MR) is 115 cm³/mol. The Kier molecular flexibility index (Phi) is 6.98. The van der Waals surface area contributed by atoms with Crippen molar-refractivity contribution in [2.75, 3.05) is 19.6 Å². The first-order valence-corrected chi connectivity index (χ1v) is 10.3. The standard InChI is InChI=1S/C24H30N2O4/c1-24(2,3)30-22(27)25-14-15-26(21(17-25)16-19-10-6-4-7-11-19)23(28)29-18-20-12-8-5-9-13-20/h4-13,21H,14-18H2,1-3H3. The number of benzene rings is 2. The molecule has 2 aromatic carbocycles. The molecule has 0 bridgehead atoms. The highest BCUT2D eigenvalue weighted by Crippen LogP contribution is 2.19. The summed E-state index contributed by atoms with van der Waals surface area (Å²) in [5.74, 6) is 0.